The number of hydrogen-bond donors (Lipinski definition) is 1. The molecule has 15 heavy (non-hydrogen) atoms. The molecule has 2 N–H and O–H groups in total. The Balaban J connectivity index is 2.15. The van der Waals surface area contributed by atoms with Crippen LogP contribution >= 0.6 is 0 Å². The van der Waals surface area contributed by atoms with Crippen LogP contribution in [0, 0.1) is 12.8 Å². The van der Waals surface area contributed by atoms with Crippen LogP contribution in [-0.4, -0.2) is 24.1 Å². The van der Waals surface area contributed by atoms with Crippen molar-refractivity contribution >= 4 is 5.82 Å². The fraction of sp³-hybridized carbons (Fsp3) is 0.583. The highest BCUT2D eigenvalue weighted by Crippen LogP contribution is 2.22. The quantitative estimate of drug-likeness (QED) is 0.756. The summed E-state index contributed by atoms with van der Waals surface area (Å²) in [6.07, 6.45) is 3.02. The first-order chi connectivity index (χ1) is 7.18. The Morgan fingerprint density at radius 2 is 2.33 bits per heavy atom. The standard InChI is InChI=1S/C12H19N3/c1-9-5-7-15(8-11(9)13)12-10(2)4-3-6-14-12/h3-4,6,9,11H,5,7-8,13H2,1-2H3. The van der Waals surface area contributed by atoms with Gasteiger partial charge in [-0.15, -0.1) is 0 Å². The number of hydrogen-bond acceptors (Lipinski definition) is 3. The number of nitrogens with two attached hydrogens (primary N) is 1. The van der Waals surface area contributed by atoms with Gasteiger partial charge >= 0.3 is 0 Å². The molecule has 0 amide bonds. The monoisotopic (exact) mass is 205 g/mol. The van der Waals surface area contributed by atoms with Crippen LogP contribution in [0.1, 0.15) is 18.9 Å². The molecule has 0 radical (unpaired) electrons. The molecular weight excluding hydrogens is 186 g/mol. The summed E-state index contributed by atoms with van der Waals surface area (Å²) in [7, 11) is 0. The maximum atomic E-state index is 6.09. The molecule has 0 saturated carbocycles. The van der Waals surface area contributed by atoms with Crippen molar-refractivity contribution in [2.45, 2.75) is 26.3 Å². The van der Waals surface area contributed by atoms with E-state index in [9.17, 15) is 0 Å². The van der Waals surface area contributed by atoms with Gasteiger partial charge in [0.05, 0.1) is 0 Å². The molecule has 2 atom stereocenters. The van der Waals surface area contributed by atoms with Gasteiger partial charge in [0.1, 0.15) is 5.82 Å². The maximum absolute atomic E-state index is 6.09. The second-order valence-electron chi connectivity index (χ2n) is 4.52. The third kappa shape index (κ3) is 2.12. The summed E-state index contributed by atoms with van der Waals surface area (Å²) in [5.41, 5.74) is 7.32. The second kappa shape index (κ2) is 4.19. The highest BCUT2D eigenvalue weighted by Gasteiger charge is 2.24. The van der Waals surface area contributed by atoms with Gasteiger partial charge in [-0.2, -0.15) is 0 Å². The van der Waals surface area contributed by atoms with Crippen molar-refractivity contribution < 1.29 is 0 Å². The number of aryl methyl sites for hydroxylation is 1. The minimum Gasteiger partial charge on any atom is -0.355 e. The molecule has 82 valence electrons. The van der Waals surface area contributed by atoms with E-state index in [0.29, 0.717) is 5.92 Å². The van der Waals surface area contributed by atoms with E-state index in [2.05, 4.69) is 29.8 Å². The van der Waals surface area contributed by atoms with Crippen LogP contribution in [0.3, 0.4) is 0 Å². The molecule has 0 aliphatic carbocycles. The van der Waals surface area contributed by atoms with Gasteiger partial charge in [0.25, 0.3) is 0 Å². The normalized spacial score (nSPS) is 26.7. The molecule has 3 heteroatoms. The minimum atomic E-state index is 0.278. The van der Waals surface area contributed by atoms with Gasteiger partial charge in [-0.1, -0.05) is 13.0 Å². The number of nitrogens with zero attached hydrogens (tertiary/aromatic N) is 2. The first-order valence-electron chi connectivity index (χ1n) is 5.60. The first-order valence-corrected chi connectivity index (χ1v) is 5.60. The van der Waals surface area contributed by atoms with Crippen LogP contribution in [0.5, 0.6) is 0 Å². The van der Waals surface area contributed by atoms with E-state index in [4.69, 9.17) is 5.73 Å². The summed E-state index contributed by atoms with van der Waals surface area (Å²) in [5, 5.41) is 0. The Kier molecular flexibility index (Phi) is 2.91. The lowest BCUT2D eigenvalue weighted by Gasteiger charge is -2.36. The van der Waals surface area contributed by atoms with E-state index in [0.717, 1.165) is 25.3 Å². The van der Waals surface area contributed by atoms with Crippen molar-refractivity contribution in [2.24, 2.45) is 11.7 Å². The summed E-state index contributed by atoms with van der Waals surface area (Å²) in [5.74, 6) is 1.73. The molecule has 1 aliphatic heterocycles. The molecule has 1 saturated heterocycles. The van der Waals surface area contributed by atoms with Crippen molar-refractivity contribution in [3.63, 3.8) is 0 Å². The van der Waals surface area contributed by atoms with Gasteiger partial charge in [-0.05, 0) is 30.9 Å². The van der Waals surface area contributed by atoms with Crippen LogP contribution in [0.15, 0.2) is 18.3 Å². The van der Waals surface area contributed by atoms with E-state index in [1.165, 1.54) is 5.56 Å². The molecule has 2 heterocycles. The van der Waals surface area contributed by atoms with E-state index in [1.54, 1.807) is 0 Å². The SMILES string of the molecule is Cc1cccnc1N1CCC(C)C(N)C1. The predicted octanol–water partition coefficient (Wildman–Crippen LogP) is 1.56. The average Bonchev–Trinajstić information content (AvgIpc) is 2.23. The predicted molar refractivity (Wildman–Crippen MR) is 62.9 cm³/mol. The van der Waals surface area contributed by atoms with E-state index >= 15 is 0 Å². The highest BCUT2D eigenvalue weighted by atomic mass is 15.2. The minimum absolute atomic E-state index is 0.278. The lowest BCUT2D eigenvalue weighted by Crippen LogP contribution is -2.48. The zero-order valence-electron chi connectivity index (χ0n) is 9.48. The third-order valence-electron chi connectivity index (χ3n) is 3.30. The largest absolute Gasteiger partial charge is 0.355 e. The molecule has 1 aromatic heterocycles. The first kappa shape index (κ1) is 10.4. The number of pyridine rings is 1. The fourth-order valence-corrected chi connectivity index (χ4v) is 2.10. The second-order valence-corrected chi connectivity index (χ2v) is 4.52. The molecule has 0 aromatic carbocycles. The van der Waals surface area contributed by atoms with Crippen molar-refractivity contribution in [3.8, 4) is 0 Å². The van der Waals surface area contributed by atoms with Gasteiger partial charge < -0.3 is 10.6 Å². The lowest BCUT2D eigenvalue weighted by molar-refractivity contribution is 0.377. The van der Waals surface area contributed by atoms with E-state index in [1.807, 2.05) is 12.3 Å². The Morgan fingerprint density at radius 3 is 3.00 bits per heavy atom. The van der Waals surface area contributed by atoms with Gasteiger partial charge in [0.2, 0.25) is 0 Å². The molecule has 2 rings (SSSR count). The van der Waals surface area contributed by atoms with Crippen molar-refractivity contribution in [2.75, 3.05) is 18.0 Å². The number of anilines is 1. The van der Waals surface area contributed by atoms with Crippen molar-refractivity contribution in [1.82, 2.24) is 4.98 Å². The Labute approximate surface area is 91.3 Å². The average molecular weight is 205 g/mol. The molecule has 0 spiro atoms. The fourth-order valence-electron chi connectivity index (χ4n) is 2.10. The Bertz CT molecular complexity index is 337. The molecule has 0 bridgehead atoms. The van der Waals surface area contributed by atoms with E-state index in [-0.39, 0.29) is 6.04 Å². The van der Waals surface area contributed by atoms with Crippen LogP contribution < -0.4 is 10.6 Å². The molecule has 1 aromatic rings. The topological polar surface area (TPSA) is 42.2 Å². The van der Waals surface area contributed by atoms with Crippen molar-refractivity contribution in [3.05, 3.63) is 23.9 Å². The summed E-state index contributed by atoms with van der Waals surface area (Å²) in [4.78, 5) is 6.74. The molecule has 2 unspecified atom stereocenters. The lowest BCUT2D eigenvalue weighted by atomic mass is 9.94. The third-order valence-corrected chi connectivity index (χ3v) is 3.30. The number of piperidine rings is 1. The van der Waals surface area contributed by atoms with Crippen LogP contribution in [0.2, 0.25) is 0 Å². The molecular formula is C12H19N3. The van der Waals surface area contributed by atoms with Crippen LogP contribution in [0.25, 0.3) is 0 Å². The Morgan fingerprint density at radius 1 is 1.53 bits per heavy atom. The summed E-state index contributed by atoms with van der Waals surface area (Å²) >= 11 is 0. The number of aromatic nitrogens is 1. The summed E-state index contributed by atoms with van der Waals surface area (Å²) in [6, 6.07) is 4.36. The smallest absolute Gasteiger partial charge is 0.131 e. The Hall–Kier alpha value is -1.09. The molecule has 1 aliphatic rings. The summed E-state index contributed by atoms with van der Waals surface area (Å²) < 4.78 is 0. The zero-order valence-corrected chi connectivity index (χ0v) is 9.48. The van der Waals surface area contributed by atoms with Gasteiger partial charge in [-0.25, -0.2) is 4.98 Å². The van der Waals surface area contributed by atoms with Crippen LogP contribution in [-0.2, 0) is 0 Å². The molecule has 3 nitrogen and oxygen atoms in total. The summed E-state index contributed by atoms with van der Waals surface area (Å²) in [6.45, 7) is 6.34. The molecule has 1 fully saturated rings. The number of rotatable bonds is 1. The van der Waals surface area contributed by atoms with Crippen molar-refractivity contribution in [1.29, 1.82) is 0 Å². The van der Waals surface area contributed by atoms with Gasteiger partial charge in [-0.3, -0.25) is 0 Å². The van der Waals surface area contributed by atoms with Gasteiger partial charge in [0, 0.05) is 25.3 Å². The maximum Gasteiger partial charge on any atom is 0.131 e. The van der Waals surface area contributed by atoms with Crippen LogP contribution in [0.4, 0.5) is 5.82 Å². The zero-order chi connectivity index (χ0) is 10.8. The van der Waals surface area contributed by atoms with E-state index < -0.39 is 0 Å². The highest BCUT2D eigenvalue weighted by molar-refractivity contribution is 5.46. The van der Waals surface area contributed by atoms with Gasteiger partial charge in [0.15, 0.2) is 0 Å².